The number of rotatable bonds is 2. The summed E-state index contributed by atoms with van der Waals surface area (Å²) in [6.45, 7) is 1.33. The molecule has 0 aromatic heterocycles. The molecular formula is C19H17NO4. The zero-order chi connectivity index (χ0) is 16.6. The maximum absolute atomic E-state index is 13.0. The summed E-state index contributed by atoms with van der Waals surface area (Å²) < 4.78 is 5.00. The van der Waals surface area contributed by atoms with E-state index < -0.39 is 5.97 Å². The van der Waals surface area contributed by atoms with Crippen LogP contribution in [0.5, 0.6) is 5.75 Å². The van der Waals surface area contributed by atoms with Crippen molar-refractivity contribution >= 4 is 23.5 Å². The fraction of sp³-hybridized carbons (Fsp3) is 0.421. The molecule has 1 aliphatic heterocycles. The second-order valence-electron chi connectivity index (χ2n) is 7.32. The minimum Gasteiger partial charge on any atom is -0.427 e. The molecule has 1 aromatic rings. The zero-order valence-corrected chi connectivity index (χ0v) is 13.3. The smallest absolute Gasteiger partial charge is 0.308 e. The molecule has 3 fully saturated rings. The number of ether oxygens (including phenoxy) is 1. The van der Waals surface area contributed by atoms with Crippen LogP contribution in [0.3, 0.4) is 0 Å². The normalized spacial score (nSPS) is 34.1. The van der Waals surface area contributed by atoms with E-state index in [0.717, 1.165) is 12.8 Å². The lowest BCUT2D eigenvalue weighted by molar-refractivity contribution is -0.132. The molecule has 1 saturated heterocycles. The lowest BCUT2D eigenvalue weighted by Crippen LogP contribution is -2.34. The SMILES string of the molecule is CC(=O)Oc1ccc(N2C(=O)C3C(C2=O)C2C=CC3C23CC3)cc1. The Kier molecular flexibility index (Phi) is 2.53. The summed E-state index contributed by atoms with van der Waals surface area (Å²) in [5, 5.41) is 0. The van der Waals surface area contributed by atoms with E-state index in [1.54, 1.807) is 24.3 Å². The van der Waals surface area contributed by atoms with Crippen LogP contribution in [0, 0.1) is 29.1 Å². The van der Waals surface area contributed by atoms with Crippen LogP contribution < -0.4 is 9.64 Å². The van der Waals surface area contributed by atoms with Crippen LogP contribution in [-0.4, -0.2) is 17.8 Å². The van der Waals surface area contributed by atoms with E-state index in [2.05, 4.69) is 12.2 Å². The fourth-order valence-electron chi connectivity index (χ4n) is 5.16. The minimum atomic E-state index is -0.400. The standard InChI is InChI=1S/C19H17NO4/c1-10(21)24-12-4-2-11(3-5-12)20-17(22)15-13-6-7-14(16(15)18(20)23)19(13)8-9-19/h2-7,13-16H,8-9H2,1H3. The van der Waals surface area contributed by atoms with Crippen LogP contribution in [0.25, 0.3) is 0 Å². The molecule has 1 aromatic carbocycles. The first-order valence-corrected chi connectivity index (χ1v) is 8.37. The molecule has 5 rings (SSSR count). The number of imide groups is 1. The number of amides is 2. The molecule has 4 aliphatic rings. The molecule has 1 heterocycles. The molecule has 5 heteroatoms. The number of hydrogen-bond donors (Lipinski definition) is 0. The Morgan fingerprint density at radius 1 is 1.04 bits per heavy atom. The molecular weight excluding hydrogens is 306 g/mol. The van der Waals surface area contributed by atoms with Gasteiger partial charge in [-0.3, -0.25) is 19.3 Å². The van der Waals surface area contributed by atoms with Gasteiger partial charge in [0, 0.05) is 6.92 Å². The maximum atomic E-state index is 13.0. The van der Waals surface area contributed by atoms with Gasteiger partial charge in [-0.05, 0) is 54.4 Å². The molecule has 0 radical (unpaired) electrons. The van der Waals surface area contributed by atoms with Crippen LogP contribution in [0.4, 0.5) is 5.69 Å². The number of allylic oxidation sites excluding steroid dienone is 2. The lowest BCUT2D eigenvalue weighted by atomic mass is 9.85. The van der Waals surface area contributed by atoms with Crippen molar-refractivity contribution in [3.05, 3.63) is 36.4 Å². The first kappa shape index (κ1) is 14.0. The third-order valence-corrected chi connectivity index (χ3v) is 6.21. The summed E-state index contributed by atoms with van der Waals surface area (Å²) in [6, 6.07) is 6.55. The van der Waals surface area contributed by atoms with E-state index in [0.29, 0.717) is 11.4 Å². The van der Waals surface area contributed by atoms with Crippen molar-refractivity contribution in [1.82, 2.24) is 0 Å². The average Bonchev–Trinajstić information content (AvgIpc) is 3.14. The summed E-state index contributed by atoms with van der Waals surface area (Å²) in [6.07, 6.45) is 6.61. The molecule has 1 spiro atoms. The third kappa shape index (κ3) is 1.57. The number of esters is 1. The maximum Gasteiger partial charge on any atom is 0.308 e. The third-order valence-electron chi connectivity index (χ3n) is 6.21. The van der Waals surface area contributed by atoms with Gasteiger partial charge in [-0.15, -0.1) is 0 Å². The number of anilines is 1. The highest BCUT2D eigenvalue weighted by molar-refractivity contribution is 6.23. The minimum absolute atomic E-state index is 0.0756. The molecule has 0 N–H and O–H groups in total. The van der Waals surface area contributed by atoms with E-state index >= 15 is 0 Å². The second-order valence-corrected chi connectivity index (χ2v) is 7.32. The Morgan fingerprint density at radius 3 is 2.04 bits per heavy atom. The van der Waals surface area contributed by atoms with E-state index in [1.165, 1.54) is 11.8 Å². The van der Waals surface area contributed by atoms with Crippen molar-refractivity contribution in [2.45, 2.75) is 19.8 Å². The van der Waals surface area contributed by atoms with Crippen LogP contribution in [0.15, 0.2) is 36.4 Å². The molecule has 4 atom stereocenters. The highest BCUT2D eigenvalue weighted by Gasteiger charge is 2.73. The molecule has 2 bridgehead atoms. The van der Waals surface area contributed by atoms with Gasteiger partial charge >= 0.3 is 5.97 Å². The number of benzene rings is 1. The summed E-state index contributed by atoms with van der Waals surface area (Å²) in [7, 11) is 0. The van der Waals surface area contributed by atoms with Gasteiger partial charge in [0.25, 0.3) is 0 Å². The van der Waals surface area contributed by atoms with Crippen LogP contribution in [0.2, 0.25) is 0 Å². The molecule has 2 amide bonds. The quantitative estimate of drug-likeness (QED) is 0.363. The Morgan fingerprint density at radius 2 is 1.58 bits per heavy atom. The molecule has 24 heavy (non-hydrogen) atoms. The number of carbonyl (C=O) groups excluding carboxylic acids is 3. The molecule has 122 valence electrons. The predicted octanol–water partition coefficient (Wildman–Crippen LogP) is 2.31. The highest BCUT2D eigenvalue weighted by atomic mass is 16.5. The predicted molar refractivity (Wildman–Crippen MR) is 85.0 cm³/mol. The van der Waals surface area contributed by atoms with Crippen molar-refractivity contribution in [3.63, 3.8) is 0 Å². The van der Waals surface area contributed by atoms with Crippen molar-refractivity contribution in [2.75, 3.05) is 4.90 Å². The van der Waals surface area contributed by atoms with E-state index in [-0.39, 0.29) is 40.9 Å². The molecule has 2 saturated carbocycles. The van der Waals surface area contributed by atoms with E-state index in [4.69, 9.17) is 4.74 Å². The summed E-state index contributed by atoms with van der Waals surface area (Å²) in [5.41, 5.74) is 0.769. The summed E-state index contributed by atoms with van der Waals surface area (Å²) in [5.74, 6) is -0.0660. The summed E-state index contributed by atoms with van der Waals surface area (Å²) >= 11 is 0. The Balaban J connectivity index is 1.46. The van der Waals surface area contributed by atoms with Crippen molar-refractivity contribution in [3.8, 4) is 5.75 Å². The van der Waals surface area contributed by atoms with Crippen LogP contribution in [-0.2, 0) is 14.4 Å². The highest BCUT2D eigenvalue weighted by Crippen LogP contribution is 2.73. The van der Waals surface area contributed by atoms with E-state index in [1.807, 2.05) is 0 Å². The number of fused-ring (bicyclic) bond motifs is 3. The van der Waals surface area contributed by atoms with E-state index in [9.17, 15) is 14.4 Å². The Labute approximate surface area is 139 Å². The molecule has 5 nitrogen and oxygen atoms in total. The molecule has 4 unspecified atom stereocenters. The summed E-state index contributed by atoms with van der Waals surface area (Å²) in [4.78, 5) is 38.2. The molecule has 3 aliphatic carbocycles. The van der Waals surface area contributed by atoms with Gasteiger partial charge in [0.05, 0.1) is 17.5 Å². The number of nitrogens with zero attached hydrogens (tertiary/aromatic N) is 1. The number of hydrogen-bond acceptors (Lipinski definition) is 4. The fourth-order valence-corrected chi connectivity index (χ4v) is 5.16. The second kappa shape index (κ2) is 4.35. The van der Waals surface area contributed by atoms with Gasteiger partial charge in [-0.25, -0.2) is 0 Å². The number of carbonyl (C=O) groups is 3. The first-order chi connectivity index (χ1) is 11.5. The zero-order valence-electron chi connectivity index (χ0n) is 13.3. The van der Waals surface area contributed by atoms with Crippen molar-refractivity contribution < 1.29 is 19.1 Å². The Bertz CT molecular complexity index is 771. The van der Waals surface area contributed by atoms with Gasteiger partial charge in [-0.1, -0.05) is 12.2 Å². The average molecular weight is 323 g/mol. The van der Waals surface area contributed by atoms with Gasteiger partial charge in [-0.2, -0.15) is 0 Å². The van der Waals surface area contributed by atoms with Gasteiger partial charge < -0.3 is 4.74 Å². The first-order valence-electron chi connectivity index (χ1n) is 8.37. The van der Waals surface area contributed by atoms with Crippen molar-refractivity contribution in [1.29, 1.82) is 0 Å². The largest absolute Gasteiger partial charge is 0.427 e. The van der Waals surface area contributed by atoms with Crippen LogP contribution in [0.1, 0.15) is 19.8 Å². The lowest BCUT2D eigenvalue weighted by Gasteiger charge is -2.21. The van der Waals surface area contributed by atoms with Gasteiger partial charge in [0.15, 0.2) is 0 Å². The van der Waals surface area contributed by atoms with Gasteiger partial charge in [0.2, 0.25) is 11.8 Å². The van der Waals surface area contributed by atoms with Crippen LogP contribution >= 0.6 is 0 Å². The Hall–Kier alpha value is -2.43. The van der Waals surface area contributed by atoms with Crippen molar-refractivity contribution in [2.24, 2.45) is 29.1 Å². The van der Waals surface area contributed by atoms with Gasteiger partial charge in [0.1, 0.15) is 5.75 Å². The topological polar surface area (TPSA) is 63.7 Å². The monoisotopic (exact) mass is 323 g/mol.